The van der Waals surface area contributed by atoms with Crippen molar-refractivity contribution in [2.24, 2.45) is 0 Å². The second kappa shape index (κ2) is 5.70. The third kappa shape index (κ3) is 3.04. The molecule has 1 aliphatic heterocycles. The predicted octanol–water partition coefficient (Wildman–Crippen LogP) is 2.81. The first-order valence-electron chi connectivity index (χ1n) is 6.53. The minimum Gasteiger partial charge on any atom is -0.374 e. The maximum absolute atomic E-state index is 13.8. The van der Waals surface area contributed by atoms with Crippen molar-refractivity contribution in [3.8, 4) is 0 Å². The number of piperidine rings is 1. The number of halogens is 2. The molecule has 1 aromatic rings. The van der Waals surface area contributed by atoms with E-state index < -0.39 is 22.2 Å². The summed E-state index contributed by atoms with van der Waals surface area (Å²) >= 11 is 0. The minimum atomic E-state index is -1.20. The molecule has 0 spiro atoms. The second-order valence-electron chi connectivity index (χ2n) is 5.29. The standard InChI is InChI=1S/C13H17F2N3O2/c1-7-5-9(6-8(2)16-7)17-13-11(18(19)20)4-3-10(14)12(13)15/h3-4,7-9,16-17H,5-6H2,1-2H3. The number of benzene rings is 1. The lowest BCUT2D eigenvalue weighted by Crippen LogP contribution is -2.46. The molecule has 0 amide bonds. The summed E-state index contributed by atoms with van der Waals surface area (Å²) in [5.41, 5.74) is -0.802. The summed E-state index contributed by atoms with van der Waals surface area (Å²) in [4.78, 5) is 10.2. The van der Waals surface area contributed by atoms with Crippen molar-refractivity contribution in [2.75, 3.05) is 5.32 Å². The molecule has 7 heteroatoms. The average molecular weight is 285 g/mol. The van der Waals surface area contributed by atoms with Gasteiger partial charge in [-0.2, -0.15) is 0 Å². The van der Waals surface area contributed by atoms with Gasteiger partial charge < -0.3 is 10.6 Å². The number of hydrogen-bond donors (Lipinski definition) is 2. The molecular weight excluding hydrogens is 268 g/mol. The van der Waals surface area contributed by atoms with Crippen LogP contribution in [0.3, 0.4) is 0 Å². The van der Waals surface area contributed by atoms with E-state index in [1.807, 2.05) is 13.8 Å². The first-order valence-corrected chi connectivity index (χ1v) is 6.53. The molecule has 0 aliphatic carbocycles. The SMILES string of the molecule is CC1CC(Nc2c([N+](=O)[O-])ccc(F)c2F)CC(C)N1. The molecule has 1 fully saturated rings. The van der Waals surface area contributed by atoms with Gasteiger partial charge in [0.2, 0.25) is 0 Å². The zero-order valence-corrected chi connectivity index (χ0v) is 11.3. The molecule has 1 aromatic carbocycles. The molecule has 2 rings (SSSR count). The molecule has 2 N–H and O–H groups in total. The van der Waals surface area contributed by atoms with Gasteiger partial charge >= 0.3 is 0 Å². The van der Waals surface area contributed by atoms with E-state index in [1.165, 1.54) is 0 Å². The fourth-order valence-corrected chi connectivity index (χ4v) is 2.72. The van der Waals surface area contributed by atoms with Crippen LogP contribution in [0.2, 0.25) is 0 Å². The third-order valence-electron chi connectivity index (χ3n) is 3.46. The summed E-state index contributed by atoms with van der Waals surface area (Å²) < 4.78 is 27.1. The van der Waals surface area contributed by atoms with E-state index in [2.05, 4.69) is 10.6 Å². The molecule has 1 heterocycles. The van der Waals surface area contributed by atoms with Crippen LogP contribution in [-0.4, -0.2) is 23.0 Å². The molecule has 2 unspecified atom stereocenters. The summed E-state index contributed by atoms with van der Waals surface area (Å²) in [5.74, 6) is -2.29. The highest BCUT2D eigenvalue weighted by atomic mass is 19.2. The van der Waals surface area contributed by atoms with Crippen molar-refractivity contribution in [3.63, 3.8) is 0 Å². The maximum atomic E-state index is 13.8. The molecule has 5 nitrogen and oxygen atoms in total. The fourth-order valence-electron chi connectivity index (χ4n) is 2.72. The van der Waals surface area contributed by atoms with Crippen LogP contribution in [0.4, 0.5) is 20.2 Å². The quantitative estimate of drug-likeness (QED) is 0.662. The zero-order valence-electron chi connectivity index (χ0n) is 11.3. The first kappa shape index (κ1) is 14.6. The second-order valence-corrected chi connectivity index (χ2v) is 5.29. The van der Waals surface area contributed by atoms with Crippen LogP contribution in [0.5, 0.6) is 0 Å². The number of nitrogens with one attached hydrogen (secondary N) is 2. The van der Waals surface area contributed by atoms with Crippen LogP contribution < -0.4 is 10.6 Å². The number of anilines is 1. The van der Waals surface area contributed by atoms with Crippen LogP contribution in [0, 0.1) is 21.7 Å². The van der Waals surface area contributed by atoms with Crippen LogP contribution in [0.1, 0.15) is 26.7 Å². The molecule has 0 aromatic heterocycles. The Morgan fingerprint density at radius 2 is 1.90 bits per heavy atom. The van der Waals surface area contributed by atoms with E-state index in [0.717, 1.165) is 12.1 Å². The number of nitro benzene ring substituents is 1. The largest absolute Gasteiger partial charge is 0.374 e. The number of hydrogen-bond acceptors (Lipinski definition) is 4. The zero-order chi connectivity index (χ0) is 14.9. The van der Waals surface area contributed by atoms with E-state index in [-0.39, 0.29) is 23.8 Å². The lowest BCUT2D eigenvalue weighted by molar-refractivity contribution is -0.384. The Morgan fingerprint density at radius 3 is 2.45 bits per heavy atom. The van der Waals surface area contributed by atoms with Gasteiger partial charge in [0.1, 0.15) is 0 Å². The van der Waals surface area contributed by atoms with Gasteiger partial charge in [-0.1, -0.05) is 0 Å². The Kier molecular flexibility index (Phi) is 4.17. The lowest BCUT2D eigenvalue weighted by atomic mass is 9.95. The fraction of sp³-hybridized carbons (Fsp3) is 0.538. The molecule has 0 radical (unpaired) electrons. The van der Waals surface area contributed by atoms with Crippen LogP contribution in [0.25, 0.3) is 0 Å². The summed E-state index contributed by atoms with van der Waals surface area (Å²) in [6, 6.07) is 2.05. The van der Waals surface area contributed by atoms with Gasteiger partial charge in [0.15, 0.2) is 17.3 Å². The van der Waals surface area contributed by atoms with Crippen LogP contribution in [-0.2, 0) is 0 Å². The Labute approximate surface area is 115 Å². The average Bonchev–Trinajstić information content (AvgIpc) is 2.33. The van der Waals surface area contributed by atoms with Gasteiger partial charge in [-0.15, -0.1) is 0 Å². The van der Waals surface area contributed by atoms with Gasteiger partial charge in [-0.3, -0.25) is 10.1 Å². The summed E-state index contributed by atoms with van der Waals surface area (Å²) in [6.45, 7) is 3.97. The highest BCUT2D eigenvalue weighted by Gasteiger charge is 2.28. The summed E-state index contributed by atoms with van der Waals surface area (Å²) in [7, 11) is 0. The highest BCUT2D eigenvalue weighted by molar-refractivity contribution is 5.63. The van der Waals surface area contributed by atoms with Crippen molar-refractivity contribution in [1.29, 1.82) is 0 Å². The third-order valence-corrected chi connectivity index (χ3v) is 3.46. The van der Waals surface area contributed by atoms with E-state index in [4.69, 9.17) is 0 Å². The topological polar surface area (TPSA) is 67.2 Å². The van der Waals surface area contributed by atoms with E-state index >= 15 is 0 Å². The van der Waals surface area contributed by atoms with Crippen molar-refractivity contribution in [1.82, 2.24) is 5.32 Å². The minimum absolute atomic E-state index is 0.128. The molecule has 2 atom stereocenters. The van der Waals surface area contributed by atoms with Crippen molar-refractivity contribution < 1.29 is 13.7 Å². The number of nitro groups is 1. The van der Waals surface area contributed by atoms with Gasteiger partial charge in [0.05, 0.1) is 4.92 Å². The van der Waals surface area contributed by atoms with Gasteiger partial charge in [-0.25, -0.2) is 8.78 Å². The Morgan fingerprint density at radius 1 is 1.30 bits per heavy atom. The normalized spacial score (nSPS) is 26.3. The number of nitrogens with zero attached hydrogens (tertiary/aromatic N) is 1. The van der Waals surface area contributed by atoms with Crippen molar-refractivity contribution in [2.45, 2.75) is 44.8 Å². The maximum Gasteiger partial charge on any atom is 0.295 e. The van der Waals surface area contributed by atoms with Gasteiger partial charge in [0, 0.05) is 24.2 Å². The van der Waals surface area contributed by atoms with Crippen molar-refractivity contribution in [3.05, 3.63) is 33.9 Å². The van der Waals surface area contributed by atoms with Gasteiger partial charge in [-0.05, 0) is 32.8 Å². The Bertz CT molecular complexity index is 515. The number of rotatable bonds is 3. The van der Waals surface area contributed by atoms with Gasteiger partial charge in [0.25, 0.3) is 5.69 Å². The van der Waals surface area contributed by atoms with E-state index in [1.54, 1.807) is 0 Å². The predicted molar refractivity (Wildman–Crippen MR) is 71.7 cm³/mol. The summed E-state index contributed by atoms with van der Waals surface area (Å²) in [6.07, 6.45) is 1.38. The van der Waals surface area contributed by atoms with E-state index in [9.17, 15) is 18.9 Å². The highest BCUT2D eigenvalue weighted by Crippen LogP contribution is 2.31. The lowest BCUT2D eigenvalue weighted by Gasteiger charge is -2.33. The monoisotopic (exact) mass is 285 g/mol. The van der Waals surface area contributed by atoms with Crippen molar-refractivity contribution >= 4 is 11.4 Å². The molecule has 110 valence electrons. The molecule has 1 saturated heterocycles. The molecule has 1 aliphatic rings. The smallest absolute Gasteiger partial charge is 0.295 e. The van der Waals surface area contributed by atoms with E-state index in [0.29, 0.717) is 12.8 Å². The van der Waals surface area contributed by atoms with Crippen LogP contribution >= 0.6 is 0 Å². The van der Waals surface area contributed by atoms with Crippen LogP contribution in [0.15, 0.2) is 12.1 Å². The molecule has 20 heavy (non-hydrogen) atoms. The molecule has 0 saturated carbocycles. The molecule has 0 bridgehead atoms. The molecular formula is C13H17F2N3O2. The first-order chi connectivity index (χ1) is 9.38. The Hall–Kier alpha value is -1.76. The Balaban J connectivity index is 2.28. The summed E-state index contributed by atoms with van der Waals surface area (Å²) in [5, 5.41) is 17.0.